The maximum absolute atomic E-state index is 11.0. The smallest absolute Gasteiger partial charge is 0.258 e. The Balaban J connectivity index is 2.34. The standard InChI is InChI=1S/C13H10N4O2/c1-9-6-8-16(15-9)12-5-4-11(17(18)19)10-3-2-7-14-13(10)12/h2-8H,1H3. The zero-order valence-corrected chi connectivity index (χ0v) is 10.1. The van der Waals surface area contributed by atoms with Crippen molar-refractivity contribution >= 4 is 16.6 Å². The lowest BCUT2D eigenvalue weighted by molar-refractivity contribution is -0.383. The van der Waals surface area contributed by atoms with Crippen LogP contribution in [-0.2, 0) is 0 Å². The Morgan fingerprint density at radius 3 is 2.79 bits per heavy atom. The van der Waals surface area contributed by atoms with Crippen molar-refractivity contribution in [3.05, 3.63) is 58.5 Å². The van der Waals surface area contributed by atoms with E-state index in [1.54, 1.807) is 29.1 Å². The van der Waals surface area contributed by atoms with E-state index in [1.165, 1.54) is 6.07 Å². The molecule has 0 saturated carbocycles. The van der Waals surface area contributed by atoms with Gasteiger partial charge in [0.2, 0.25) is 0 Å². The van der Waals surface area contributed by atoms with Gasteiger partial charge in [-0.15, -0.1) is 0 Å². The van der Waals surface area contributed by atoms with Crippen molar-refractivity contribution in [2.45, 2.75) is 6.92 Å². The van der Waals surface area contributed by atoms with Crippen molar-refractivity contribution in [3.8, 4) is 5.69 Å². The van der Waals surface area contributed by atoms with E-state index in [4.69, 9.17) is 0 Å². The van der Waals surface area contributed by atoms with Crippen LogP contribution in [0.25, 0.3) is 16.6 Å². The molecule has 1 aromatic carbocycles. The molecule has 0 aliphatic rings. The Morgan fingerprint density at radius 2 is 2.11 bits per heavy atom. The molecule has 0 N–H and O–H groups in total. The van der Waals surface area contributed by atoms with E-state index in [1.807, 2.05) is 19.2 Å². The van der Waals surface area contributed by atoms with E-state index in [2.05, 4.69) is 10.1 Å². The second-order valence-corrected chi connectivity index (χ2v) is 4.16. The van der Waals surface area contributed by atoms with E-state index in [-0.39, 0.29) is 5.69 Å². The van der Waals surface area contributed by atoms with E-state index < -0.39 is 4.92 Å². The van der Waals surface area contributed by atoms with Crippen LogP contribution in [0.5, 0.6) is 0 Å². The summed E-state index contributed by atoms with van der Waals surface area (Å²) in [5.74, 6) is 0. The van der Waals surface area contributed by atoms with Crippen LogP contribution in [-0.4, -0.2) is 19.7 Å². The number of benzene rings is 1. The number of pyridine rings is 1. The van der Waals surface area contributed by atoms with Crippen molar-refractivity contribution < 1.29 is 4.92 Å². The van der Waals surface area contributed by atoms with Crippen LogP contribution in [0.4, 0.5) is 5.69 Å². The third-order valence-electron chi connectivity index (χ3n) is 2.89. The zero-order chi connectivity index (χ0) is 13.4. The van der Waals surface area contributed by atoms with Gasteiger partial charge in [-0.1, -0.05) is 0 Å². The first-order chi connectivity index (χ1) is 9.16. The van der Waals surface area contributed by atoms with Crippen molar-refractivity contribution in [1.82, 2.24) is 14.8 Å². The van der Waals surface area contributed by atoms with Gasteiger partial charge in [0.15, 0.2) is 0 Å². The summed E-state index contributed by atoms with van der Waals surface area (Å²) in [5, 5.41) is 15.8. The number of nitrogens with zero attached hydrogens (tertiary/aromatic N) is 4. The van der Waals surface area contributed by atoms with Crippen molar-refractivity contribution in [1.29, 1.82) is 0 Å². The number of fused-ring (bicyclic) bond motifs is 1. The van der Waals surface area contributed by atoms with Gasteiger partial charge in [0.25, 0.3) is 5.69 Å². The van der Waals surface area contributed by atoms with Crippen molar-refractivity contribution in [2.24, 2.45) is 0 Å². The summed E-state index contributed by atoms with van der Waals surface area (Å²) in [4.78, 5) is 14.9. The van der Waals surface area contributed by atoms with Gasteiger partial charge in [0.1, 0.15) is 5.52 Å². The first kappa shape index (κ1) is 11.3. The highest BCUT2D eigenvalue weighted by atomic mass is 16.6. The third-order valence-corrected chi connectivity index (χ3v) is 2.89. The van der Waals surface area contributed by atoms with E-state index in [9.17, 15) is 10.1 Å². The van der Waals surface area contributed by atoms with Crippen molar-refractivity contribution in [3.63, 3.8) is 0 Å². The molecule has 0 atom stereocenters. The molecule has 0 amide bonds. The first-order valence-electron chi connectivity index (χ1n) is 5.71. The normalized spacial score (nSPS) is 10.8. The number of nitro groups is 1. The van der Waals surface area contributed by atoms with Crippen LogP contribution in [0.2, 0.25) is 0 Å². The SMILES string of the molecule is Cc1ccn(-c2ccc([N+](=O)[O-])c3cccnc23)n1. The topological polar surface area (TPSA) is 73.8 Å². The molecule has 0 fully saturated rings. The number of non-ortho nitro benzene ring substituents is 1. The quantitative estimate of drug-likeness (QED) is 0.520. The summed E-state index contributed by atoms with van der Waals surface area (Å²) >= 11 is 0. The Morgan fingerprint density at radius 1 is 1.26 bits per heavy atom. The highest BCUT2D eigenvalue weighted by molar-refractivity contribution is 5.93. The third kappa shape index (κ3) is 1.83. The number of hydrogen-bond acceptors (Lipinski definition) is 4. The summed E-state index contributed by atoms with van der Waals surface area (Å²) in [7, 11) is 0. The molecule has 6 heteroatoms. The van der Waals surface area contributed by atoms with Gasteiger partial charge in [0, 0.05) is 18.5 Å². The molecule has 0 spiro atoms. The molecule has 0 saturated heterocycles. The summed E-state index contributed by atoms with van der Waals surface area (Å²) in [6.07, 6.45) is 3.43. The molecule has 2 heterocycles. The predicted octanol–water partition coefficient (Wildman–Crippen LogP) is 2.64. The van der Waals surface area contributed by atoms with Crippen molar-refractivity contribution in [2.75, 3.05) is 0 Å². The molecule has 3 aromatic rings. The summed E-state index contributed by atoms with van der Waals surface area (Å²) in [5.41, 5.74) is 2.23. The van der Waals surface area contributed by atoms with Gasteiger partial charge in [-0.2, -0.15) is 5.10 Å². The minimum Gasteiger partial charge on any atom is -0.258 e. The molecular formula is C13H10N4O2. The minimum atomic E-state index is -0.401. The fourth-order valence-corrected chi connectivity index (χ4v) is 2.04. The number of rotatable bonds is 2. The average molecular weight is 254 g/mol. The molecule has 94 valence electrons. The van der Waals surface area contributed by atoms with Crippen LogP contribution in [0.3, 0.4) is 0 Å². The van der Waals surface area contributed by atoms with Gasteiger partial charge < -0.3 is 0 Å². The minimum absolute atomic E-state index is 0.0516. The highest BCUT2D eigenvalue weighted by Gasteiger charge is 2.15. The Hall–Kier alpha value is -2.76. The number of aryl methyl sites for hydroxylation is 1. The second kappa shape index (κ2) is 4.16. The molecule has 0 radical (unpaired) electrons. The van der Waals surface area contributed by atoms with Crippen LogP contribution in [0.1, 0.15) is 5.69 Å². The second-order valence-electron chi connectivity index (χ2n) is 4.16. The van der Waals surface area contributed by atoms with Crippen LogP contribution in [0, 0.1) is 17.0 Å². The molecule has 0 unspecified atom stereocenters. The molecule has 0 bridgehead atoms. The number of nitro benzene ring substituents is 1. The fraction of sp³-hybridized carbons (Fsp3) is 0.0769. The summed E-state index contributed by atoms with van der Waals surface area (Å²) in [6, 6.07) is 8.40. The van der Waals surface area contributed by atoms with E-state index in [0.717, 1.165) is 11.4 Å². The van der Waals surface area contributed by atoms with Gasteiger partial charge >= 0.3 is 0 Å². The van der Waals surface area contributed by atoms with Gasteiger partial charge in [-0.25, -0.2) is 4.68 Å². The average Bonchev–Trinajstić information content (AvgIpc) is 2.83. The largest absolute Gasteiger partial charge is 0.278 e. The summed E-state index contributed by atoms with van der Waals surface area (Å²) < 4.78 is 1.67. The molecule has 0 aliphatic carbocycles. The Kier molecular flexibility index (Phi) is 2.49. The Bertz CT molecular complexity index is 779. The molecule has 19 heavy (non-hydrogen) atoms. The number of aromatic nitrogens is 3. The monoisotopic (exact) mass is 254 g/mol. The molecule has 6 nitrogen and oxygen atoms in total. The fourth-order valence-electron chi connectivity index (χ4n) is 2.04. The lowest BCUT2D eigenvalue weighted by atomic mass is 10.1. The van der Waals surface area contributed by atoms with E-state index in [0.29, 0.717) is 10.9 Å². The van der Waals surface area contributed by atoms with Gasteiger partial charge in [-0.3, -0.25) is 15.1 Å². The van der Waals surface area contributed by atoms with Crippen LogP contribution < -0.4 is 0 Å². The van der Waals surface area contributed by atoms with Crippen LogP contribution in [0.15, 0.2) is 42.7 Å². The zero-order valence-electron chi connectivity index (χ0n) is 10.1. The molecule has 0 aliphatic heterocycles. The number of hydrogen-bond donors (Lipinski definition) is 0. The van der Waals surface area contributed by atoms with E-state index >= 15 is 0 Å². The summed E-state index contributed by atoms with van der Waals surface area (Å²) in [6.45, 7) is 1.89. The molecule has 3 rings (SSSR count). The highest BCUT2D eigenvalue weighted by Crippen LogP contribution is 2.28. The maximum atomic E-state index is 11.0. The van der Waals surface area contributed by atoms with Gasteiger partial charge in [-0.05, 0) is 31.2 Å². The lowest BCUT2D eigenvalue weighted by Crippen LogP contribution is -1.99. The maximum Gasteiger partial charge on any atom is 0.278 e. The molecular weight excluding hydrogens is 244 g/mol. The predicted molar refractivity (Wildman–Crippen MR) is 70.3 cm³/mol. The Labute approximate surface area is 108 Å². The lowest BCUT2D eigenvalue weighted by Gasteiger charge is -2.06. The van der Waals surface area contributed by atoms with Crippen LogP contribution >= 0.6 is 0 Å². The van der Waals surface area contributed by atoms with Gasteiger partial charge in [0.05, 0.1) is 21.7 Å². The molecule has 2 aromatic heterocycles. The first-order valence-corrected chi connectivity index (χ1v) is 5.71.